The molecule has 7 heteroatoms. The third-order valence-electron chi connectivity index (χ3n) is 5.49. The summed E-state index contributed by atoms with van der Waals surface area (Å²) >= 11 is 0. The Labute approximate surface area is 169 Å². The number of nitrogens with zero attached hydrogens (tertiary/aromatic N) is 3. The van der Waals surface area contributed by atoms with Crippen molar-refractivity contribution in [3.63, 3.8) is 0 Å². The van der Waals surface area contributed by atoms with Crippen LogP contribution in [0.5, 0.6) is 0 Å². The van der Waals surface area contributed by atoms with Crippen molar-refractivity contribution in [3.8, 4) is 0 Å². The number of fused-ring (bicyclic) bond motifs is 1. The summed E-state index contributed by atoms with van der Waals surface area (Å²) in [6, 6.07) is 9.61. The van der Waals surface area contributed by atoms with Gasteiger partial charge in [-0.05, 0) is 49.1 Å². The van der Waals surface area contributed by atoms with E-state index in [0.717, 1.165) is 48.2 Å². The van der Waals surface area contributed by atoms with Gasteiger partial charge in [0.25, 0.3) is 11.5 Å². The molecule has 150 valence electrons. The molecule has 3 heterocycles. The lowest BCUT2D eigenvalue weighted by Gasteiger charge is -2.35. The molecular weight excluding hydrogens is 366 g/mol. The smallest absolute Gasteiger partial charge is 0.252 e. The van der Waals surface area contributed by atoms with Crippen LogP contribution < -0.4 is 16.2 Å². The molecule has 1 saturated heterocycles. The molecule has 4 rings (SSSR count). The molecule has 1 aliphatic rings. The molecule has 1 amide bonds. The lowest BCUT2D eigenvalue weighted by atomic mass is 10.0. The van der Waals surface area contributed by atoms with Gasteiger partial charge in [0.1, 0.15) is 5.82 Å². The molecule has 2 aromatic heterocycles. The third kappa shape index (κ3) is 3.86. The van der Waals surface area contributed by atoms with Crippen molar-refractivity contribution >= 4 is 22.6 Å². The zero-order chi connectivity index (χ0) is 20.5. The van der Waals surface area contributed by atoms with Crippen molar-refractivity contribution in [3.05, 3.63) is 69.1 Å². The monoisotopic (exact) mass is 391 g/mol. The van der Waals surface area contributed by atoms with Crippen molar-refractivity contribution in [1.82, 2.24) is 14.9 Å². The second-order valence-electron chi connectivity index (χ2n) is 7.67. The Bertz CT molecular complexity index is 1130. The maximum atomic E-state index is 12.6. The Hall–Kier alpha value is -3.19. The number of piperazine rings is 1. The van der Waals surface area contributed by atoms with Gasteiger partial charge in [-0.2, -0.15) is 0 Å². The number of rotatable bonds is 4. The maximum absolute atomic E-state index is 12.6. The van der Waals surface area contributed by atoms with Crippen LogP contribution in [0, 0.1) is 13.8 Å². The van der Waals surface area contributed by atoms with Crippen LogP contribution in [-0.4, -0.2) is 47.0 Å². The molecule has 3 aromatic rings. The molecule has 0 spiro atoms. The average Bonchev–Trinajstić information content (AvgIpc) is 2.70. The Kier molecular flexibility index (Phi) is 5.07. The van der Waals surface area contributed by atoms with Crippen LogP contribution in [-0.2, 0) is 6.54 Å². The van der Waals surface area contributed by atoms with Gasteiger partial charge in [-0.1, -0.05) is 11.6 Å². The van der Waals surface area contributed by atoms with E-state index in [1.165, 1.54) is 5.56 Å². The molecule has 0 saturated carbocycles. The van der Waals surface area contributed by atoms with Gasteiger partial charge in [0.2, 0.25) is 0 Å². The van der Waals surface area contributed by atoms with E-state index in [1.807, 2.05) is 13.0 Å². The van der Waals surface area contributed by atoms with Crippen molar-refractivity contribution in [1.29, 1.82) is 0 Å². The molecule has 1 fully saturated rings. The summed E-state index contributed by atoms with van der Waals surface area (Å²) in [5.41, 5.74) is 9.83. The van der Waals surface area contributed by atoms with Crippen LogP contribution in [0.15, 0.2) is 41.3 Å². The highest BCUT2D eigenvalue weighted by atomic mass is 16.1. The van der Waals surface area contributed by atoms with E-state index < -0.39 is 5.91 Å². The second-order valence-corrected chi connectivity index (χ2v) is 7.67. The van der Waals surface area contributed by atoms with Crippen LogP contribution in [0.3, 0.4) is 0 Å². The minimum Gasteiger partial charge on any atom is -0.365 e. The van der Waals surface area contributed by atoms with Crippen LogP contribution in [0.1, 0.15) is 27.0 Å². The number of hydrogen-bond donors (Lipinski definition) is 2. The van der Waals surface area contributed by atoms with Crippen molar-refractivity contribution < 1.29 is 4.79 Å². The highest BCUT2D eigenvalue weighted by Crippen LogP contribution is 2.21. The number of amides is 1. The maximum Gasteiger partial charge on any atom is 0.252 e. The van der Waals surface area contributed by atoms with E-state index >= 15 is 0 Å². The first-order valence-corrected chi connectivity index (χ1v) is 9.77. The van der Waals surface area contributed by atoms with Gasteiger partial charge in [-0.25, -0.2) is 4.98 Å². The Balaban J connectivity index is 1.50. The van der Waals surface area contributed by atoms with Gasteiger partial charge < -0.3 is 15.6 Å². The fourth-order valence-corrected chi connectivity index (χ4v) is 4.05. The summed E-state index contributed by atoms with van der Waals surface area (Å²) in [6.45, 7) is 7.67. The van der Waals surface area contributed by atoms with Crippen molar-refractivity contribution in [2.45, 2.75) is 20.4 Å². The van der Waals surface area contributed by atoms with E-state index in [1.54, 1.807) is 18.3 Å². The van der Waals surface area contributed by atoms with E-state index in [0.29, 0.717) is 17.9 Å². The van der Waals surface area contributed by atoms with Crippen LogP contribution in [0.25, 0.3) is 10.9 Å². The summed E-state index contributed by atoms with van der Waals surface area (Å²) in [5.74, 6) is 0.165. The normalized spacial score (nSPS) is 15.0. The van der Waals surface area contributed by atoms with Crippen LogP contribution in [0.4, 0.5) is 5.82 Å². The molecule has 7 nitrogen and oxygen atoms in total. The highest BCUT2D eigenvalue weighted by Gasteiger charge is 2.22. The number of anilines is 1. The number of aromatic nitrogens is 2. The Morgan fingerprint density at radius 2 is 1.93 bits per heavy atom. The van der Waals surface area contributed by atoms with E-state index in [9.17, 15) is 9.59 Å². The SMILES string of the molecule is Cc1cc(C)c2[nH]c(=O)c(CN3CCN(c4ncccc4C(N)=O)CC3)cc2c1. The lowest BCUT2D eigenvalue weighted by Crippen LogP contribution is -2.47. The number of H-pyrrole nitrogens is 1. The molecule has 0 bridgehead atoms. The van der Waals surface area contributed by atoms with Crippen molar-refractivity contribution in [2.75, 3.05) is 31.1 Å². The molecule has 1 aromatic carbocycles. The molecule has 29 heavy (non-hydrogen) atoms. The predicted octanol–water partition coefficient (Wildman–Crippen LogP) is 1.96. The van der Waals surface area contributed by atoms with Crippen molar-refractivity contribution in [2.24, 2.45) is 5.73 Å². The number of benzene rings is 1. The van der Waals surface area contributed by atoms with Gasteiger partial charge in [-0.15, -0.1) is 0 Å². The Morgan fingerprint density at radius 3 is 2.66 bits per heavy atom. The summed E-state index contributed by atoms with van der Waals surface area (Å²) < 4.78 is 0. The predicted molar refractivity (Wildman–Crippen MR) is 114 cm³/mol. The van der Waals surface area contributed by atoms with Gasteiger partial charge in [0.05, 0.1) is 11.1 Å². The number of nitrogens with one attached hydrogen (secondary N) is 1. The number of carbonyl (C=O) groups is 1. The standard InChI is InChI=1S/C22H25N5O2/c1-14-10-15(2)19-16(11-14)12-17(22(29)25-19)13-26-6-8-27(9-7-26)21-18(20(23)28)4-3-5-24-21/h3-5,10-12H,6-9,13H2,1-2H3,(H2,23,28)(H,25,29). The minimum absolute atomic E-state index is 0.0346. The molecule has 1 aliphatic heterocycles. The topological polar surface area (TPSA) is 95.3 Å². The lowest BCUT2D eigenvalue weighted by molar-refractivity contribution is 0.1000. The number of nitrogens with two attached hydrogens (primary N) is 1. The Morgan fingerprint density at radius 1 is 1.17 bits per heavy atom. The number of pyridine rings is 2. The minimum atomic E-state index is -0.469. The third-order valence-corrected chi connectivity index (χ3v) is 5.49. The number of hydrogen-bond acceptors (Lipinski definition) is 5. The molecule has 3 N–H and O–H groups in total. The van der Waals surface area contributed by atoms with Gasteiger partial charge in [0.15, 0.2) is 0 Å². The summed E-state index contributed by atoms with van der Waals surface area (Å²) in [7, 11) is 0. The first-order valence-electron chi connectivity index (χ1n) is 9.77. The quantitative estimate of drug-likeness (QED) is 0.709. The number of primary amides is 1. The first-order chi connectivity index (χ1) is 13.9. The van der Waals surface area contributed by atoms with Gasteiger partial charge >= 0.3 is 0 Å². The number of aromatic amines is 1. The zero-order valence-corrected chi connectivity index (χ0v) is 16.7. The number of aryl methyl sites for hydroxylation is 2. The van der Waals surface area contributed by atoms with E-state index in [4.69, 9.17) is 5.73 Å². The zero-order valence-electron chi connectivity index (χ0n) is 16.7. The van der Waals surface area contributed by atoms with Gasteiger partial charge in [0, 0.05) is 44.5 Å². The highest BCUT2D eigenvalue weighted by molar-refractivity contribution is 5.97. The first kappa shape index (κ1) is 19.1. The fraction of sp³-hybridized carbons (Fsp3) is 0.318. The molecule has 0 unspecified atom stereocenters. The van der Waals surface area contributed by atoms with Gasteiger partial charge in [-0.3, -0.25) is 14.5 Å². The average molecular weight is 391 g/mol. The van der Waals surface area contributed by atoms with E-state index in [2.05, 4.69) is 38.8 Å². The molecule has 0 atom stereocenters. The van der Waals surface area contributed by atoms with Crippen LogP contribution >= 0.6 is 0 Å². The summed E-state index contributed by atoms with van der Waals surface area (Å²) in [6.07, 6.45) is 1.67. The number of carbonyl (C=O) groups excluding carboxylic acids is 1. The summed E-state index contributed by atoms with van der Waals surface area (Å²) in [4.78, 5) is 36.0. The second kappa shape index (κ2) is 7.67. The van der Waals surface area contributed by atoms with Crippen LogP contribution in [0.2, 0.25) is 0 Å². The molecule has 0 aliphatic carbocycles. The van der Waals surface area contributed by atoms with E-state index in [-0.39, 0.29) is 5.56 Å². The fourth-order valence-electron chi connectivity index (χ4n) is 4.05. The molecular formula is C22H25N5O2. The summed E-state index contributed by atoms with van der Waals surface area (Å²) in [5, 5.41) is 1.07. The largest absolute Gasteiger partial charge is 0.365 e. The molecule has 0 radical (unpaired) electrons.